The molecule has 1 aromatic heterocycles. The van der Waals surface area contributed by atoms with E-state index in [0.29, 0.717) is 55.9 Å². The number of nitrogens with zero attached hydrogens (tertiary/aromatic N) is 2. The minimum Gasteiger partial charge on any atom is -0.494 e. The average Bonchev–Trinajstić information content (AvgIpc) is 4.08. The Balaban J connectivity index is 1.22. The first-order valence-electron chi connectivity index (χ1n) is 19.1. The molecule has 2 saturated carbocycles. The fourth-order valence-corrected chi connectivity index (χ4v) is 10.0. The van der Waals surface area contributed by atoms with Crippen LogP contribution in [0.1, 0.15) is 82.1 Å². The van der Waals surface area contributed by atoms with Gasteiger partial charge in [-0.05, 0) is 95.2 Å². The summed E-state index contributed by atoms with van der Waals surface area (Å²) in [5.74, 6) is -1.95. The number of aromatic nitrogens is 1. The van der Waals surface area contributed by atoms with Crippen molar-refractivity contribution in [1.82, 2.24) is 30.6 Å². The topological polar surface area (TPSA) is 193 Å². The molecule has 7 rings (SSSR count). The largest absolute Gasteiger partial charge is 0.494 e. The zero-order valence-corrected chi connectivity index (χ0v) is 32.7. The van der Waals surface area contributed by atoms with Crippen molar-refractivity contribution in [3.8, 4) is 17.0 Å². The number of thioether (sulfide) groups is 1. The van der Waals surface area contributed by atoms with Gasteiger partial charge in [-0.3, -0.25) is 28.7 Å². The van der Waals surface area contributed by atoms with Crippen molar-refractivity contribution < 1.29 is 37.1 Å². The molecule has 14 nitrogen and oxygen atoms in total. The number of carbonyl (C=O) groups excluding carboxylic acids is 5. The van der Waals surface area contributed by atoms with Crippen molar-refractivity contribution in [2.75, 3.05) is 18.9 Å². The standard InChI is InChI=1S/C39H48N6O8S2/c1-38(2)33-36(49)45-23-26(21-31(45)35(48)43-39(22-25(39)11-5-7-19-54-38)37(50)44-55(51,52)28-16-17-28)40-34(47)30-14-9-13-29(41-30)24-10-8-12-27(20-24)53-18-6-3-4-15-32(46)42-33/h5,8-14,20,25-26,28,31,33H,3-4,6-7,15-19,21-23H2,1-2H3,(H,40,47)(H,42,46)(H,43,48)(H,44,50)/b11-5+/t25-,26-,31+,33-,39-/m1/s1. The van der Waals surface area contributed by atoms with E-state index in [1.165, 1.54) is 16.7 Å². The molecule has 16 heteroatoms. The van der Waals surface area contributed by atoms with E-state index in [4.69, 9.17) is 4.74 Å². The van der Waals surface area contributed by atoms with Gasteiger partial charge in [-0.15, -0.1) is 0 Å². The Hall–Kier alpha value is -4.44. The number of carbonyl (C=O) groups is 5. The second-order valence-electron chi connectivity index (χ2n) is 15.6. The molecule has 55 heavy (non-hydrogen) atoms. The molecule has 3 fully saturated rings. The zero-order chi connectivity index (χ0) is 39.0. The molecule has 0 radical (unpaired) electrons. The van der Waals surface area contributed by atoms with E-state index >= 15 is 0 Å². The van der Waals surface area contributed by atoms with Crippen LogP contribution in [0.4, 0.5) is 0 Å². The van der Waals surface area contributed by atoms with Crippen LogP contribution >= 0.6 is 11.8 Å². The van der Waals surface area contributed by atoms with Gasteiger partial charge in [-0.1, -0.05) is 30.4 Å². The van der Waals surface area contributed by atoms with Crippen LogP contribution in [0.2, 0.25) is 0 Å². The summed E-state index contributed by atoms with van der Waals surface area (Å²) in [4.78, 5) is 76.1. The third-order valence-electron chi connectivity index (χ3n) is 11.0. The maximum absolute atomic E-state index is 14.8. The van der Waals surface area contributed by atoms with Crippen molar-refractivity contribution in [3.63, 3.8) is 0 Å². The fraction of sp³-hybridized carbons (Fsp3) is 0.538. The number of sulfonamides is 1. The van der Waals surface area contributed by atoms with Crippen LogP contribution in [0.3, 0.4) is 0 Å². The lowest BCUT2D eigenvalue weighted by Crippen LogP contribution is -2.61. The SMILES string of the molecule is CC1(C)SCC/C=C/[C@@H]2C[C@@]2(C(=O)NS(=O)(=O)C2CC2)NC(=O)[C@@H]2C[C@@H]3CN2C(=O)[C@H]1NC(=O)CCCCCOc1cccc(c1)-c1cccc(n1)C(=O)N3. The summed E-state index contributed by atoms with van der Waals surface area (Å²) in [7, 11) is -3.90. The number of ether oxygens (including phenoxy) is 1. The number of hydrogen-bond donors (Lipinski definition) is 4. The van der Waals surface area contributed by atoms with Crippen LogP contribution in [0.15, 0.2) is 54.6 Å². The fourth-order valence-electron chi connectivity index (χ4n) is 7.55. The van der Waals surface area contributed by atoms with Crippen LogP contribution in [0.25, 0.3) is 11.3 Å². The number of allylic oxidation sites excluding steroid dienone is 1. The molecule has 2 aliphatic carbocycles. The highest BCUT2D eigenvalue weighted by Gasteiger charge is 2.62. The van der Waals surface area contributed by atoms with E-state index in [-0.39, 0.29) is 37.4 Å². The van der Waals surface area contributed by atoms with Crippen LogP contribution in [0.5, 0.6) is 5.75 Å². The van der Waals surface area contributed by atoms with Gasteiger partial charge in [0.2, 0.25) is 27.7 Å². The first-order valence-corrected chi connectivity index (χ1v) is 21.6. The van der Waals surface area contributed by atoms with Gasteiger partial charge in [0.15, 0.2) is 0 Å². The van der Waals surface area contributed by atoms with Crippen molar-refractivity contribution >= 4 is 51.3 Å². The first-order chi connectivity index (χ1) is 26.3. The number of fused-ring (bicyclic) bond motifs is 8. The molecule has 7 bridgehead atoms. The monoisotopic (exact) mass is 792 g/mol. The Morgan fingerprint density at radius 1 is 1.02 bits per heavy atom. The molecule has 4 heterocycles. The predicted octanol–water partition coefficient (Wildman–Crippen LogP) is 2.84. The summed E-state index contributed by atoms with van der Waals surface area (Å²) in [6.07, 6.45) is 7.65. The van der Waals surface area contributed by atoms with Crippen molar-refractivity contribution in [3.05, 3.63) is 60.3 Å². The summed E-state index contributed by atoms with van der Waals surface area (Å²) >= 11 is 1.51. The molecule has 0 unspecified atom stereocenters. The first kappa shape index (κ1) is 38.8. The third kappa shape index (κ3) is 8.69. The lowest BCUT2D eigenvalue weighted by Gasteiger charge is -2.37. The maximum Gasteiger partial charge on any atom is 0.270 e. The average molecular weight is 793 g/mol. The van der Waals surface area contributed by atoms with Gasteiger partial charge in [0, 0.05) is 35.2 Å². The van der Waals surface area contributed by atoms with Gasteiger partial charge in [0.25, 0.3) is 11.8 Å². The lowest BCUT2D eigenvalue weighted by atomic mass is 10.00. The molecule has 1 saturated heterocycles. The van der Waals surface area contributed by atoms with Crippen LogP contribution in [-0.4, -0.2) is 100 Å². The van der Waals surface area contributed by atoms with Gasteiger partial charge < -0.3 is 25.6 Å². The molecular formula is C39H48N6O8S2. The van der Waals surface area contributed by atoms with Crippen LogP contribution in [0, 0.1) is 5.92 Å². The van der Waals surface area contributed by atoms with E-state index in [1.54, 1.807) is 18.2 Å². The number of pyridine rings is 1. The Morgan fingerprint density at radius 3 is 2.60 bits per heavy atom. The number of hydrogen-bond acceptors (Lipinski definition) is 10. The minimum absolute atomic E-state index is 0.00913. The molecule has 2 aromatic rings. The second-order valence-corrected chi connectivity index (χ2v) is 19.3. The zero-order valence-electron chi connectivity index (χ0n) is 31.0. The summed E-state index contributed by atoms with van der Waals surface area (Å²) in [5.41, 5.74) is -0.0583. The van der Waals surface area contributed by atoms with Crippen molar-refractivity contribution in [2.24, 2.45) is 5.92 Å². The van der Waals surface area contributed by atoms with Crippen LogP contribution < -0.4 is 25.4 Å². The summed E-state index contributed by atoms with van der Waals surface area (Å²) < 4.78 is 33.0. The normalized spacial score (nSPS) is 29.5. The molecule has 1 aromatic carbocycles. The van der Waals surface area contributed by atoms with Gasteiger partial charge >= 0.3 is 0 Å². The van der Waals surface area contributed by atoms with Gasteiger partial charge in [-0.25, -0.2) is 13.4 Å². The van der Waals surface area contributed by atoms with Crippen molar-refractivity contribution in [1.29, 1.82) is 0 Å². The Bertz CT molecular complexity index is 2000. The highest BCUT2D eigenvalue weighted by atomic mass is 32.2. The minimum atomic E-state index is -3.90. The van der Waals surface area contributed by atoms with Gasteiger partial charge in [0.05, 0.1) is 17.6 Å². The van der Waals surface area contributed by atoms with E-state index in [0.717, 1.165) is 12.0 Å². The lowest BCUT2D eigenvalue weighted by molar-refractivity contribution is -0.142. The van der Waals surface area contributed by atoms with E-state index < -0.39 is 73.2 Å². The van der Waals surface area contributed by atoms with E-state index in [2.05, 4.69) is 25.7 Å². The van der Waals surface area contributed by atoms with Crippen LogP contribution in [-0.2, 0) is 29.2 Å². The molecule has 294 valence electrons. The van der Waals surface area contributed by atoms with Gasteiger partial charge in [-0.2, -0.15) is 11.8 Å². The number of benzene rings is 1. The quantitative estimate of drug-likeness (QED) is 0.336. The summed E-state index contributed by atoms with van der Waals surface area (Å²) in [6.45, 7) is 4.18. The van der Waals surface area contributed by atoms with E-state index in [1.807, 2.05) is 50.3 Å². The Labute approximate surface area is 325 Å². The molecule has 5 aliphatic rings. The molecule has 0 spiro atoms. The maximum atomic E-state index is 14.8. The molecule has 5 atom stereocenters. The highest BCUT2D eigenvalue weighted by Crippen LogP contribution is 2.46. The Kier molecular flexibility index (Phi) is 11.0. The predicted molar refractivity (Wildman–Crippen MR) is 206 cm³/mol. The molecular weight excluding hydrogens is 745 g/mol. The van der Waals surface area contributed by atoms with Gasteiger partial charge in [0.1, 0.15) is 29.1 Å². The smallest absolute Gasteiger partial charge is 0.270 e. The van der Waals surface area contributed by atoms with E-state index in [9.17, 15) is 32.4 Å². The highest BCUT2D eigenvalue weighted by molar-refractivity contribution is 8.00. The number of nitrogens with one attached hydrogen (secondary N) is 4. The Morgan fingerprint density at radius 2 is 1.80 bits per heavy atom. The second kappa shape index (κ2) is 15.6. The summed E-state index contributed by atoms with van der Waals surface area (Å²) in [6, 6.07) is 9.69. The molecule has 5 amide bonds. The number of amides is 5. The molecule has 3 aliphatic heterocycles. The number of rotatable bonds is 3. The van der Waals surface area contributed by atoms with Crippen molar-refractivity contribution in [2.45, 2.75) is 105 Å². The summed E-state index contributed by atoms with van der Waals surface area (Å²) in [5, 5.41) is 8.18. The molecule has 4 N–H and O–H groups in total. The third-order valence-corrected chi connectivity index (χ3v) is 14.2.